The third-order valence-corrected chi connectivity index (χ3v) is 2.42. The summed E-state index contributed by atoms with van der Waals surface area (Å²) in [4.78, 5) is 0. The maximum atomic E-state index is 13.5. The maximum absolute atomic E-state index is 13.5. The van der Waals surface area contributed by atoms with Gasteiger partial charge in [0.15, 0.2) is 0 Å². The Balaban J connectivity index is 3.32. The van der Waals surface area contributed by atoms with E-state index in [0.717, 1.165) is 6.07 Å². The average Bonchev–Trinajstić information content (AvgIpc) is 2.30. The molecule has 0 aliphatic rings. The van der Waals surface area contributed by atoms with Crippen molar-refractivity contribution in [3.05, 3.63) is 39.8 Å². The second kappa shape index (κ2) is 5.72. The molecular formula is C11H4BrF4N3. The van der Waals surface area contributed by atoms with Crippen molar-refractivity contribution in [1.82, 2.24) is 0 Å². The Labute approximate surface area is 113 Å². The summed E-state index contributed by atoms with van der Waals surface area (Å²) in [7, 11) is 0. The third-order valence-electron chi connectivity index (χ3n) is 1.96. The smallest absolute Gasteiger partial charge is 0.357 e. The predicted molar refractivity (Wildman–Crippen MR) is 62.0 cm³/mol. The van der Waals surface area contributed by atoms with Gasteiger partial charge in [-0.05, 0) is 12.1 Å². The summed E-state index contributed by atoms with van der Waals surface area (Å²) in [5, 5.41) is 18.9. The first kappa shape index (κ1) is 15.0. The molecule has 0 spiro atoms. The van der Waals surface area contributed by atoms with Crippen molar-refractivity contribution in [2.45, 2.75) is 6.18 Å². The molecule has 0 aromatic heterocycles. The molecule has 1 N–H and O–H groups in total. The SMILES string of the molecule is N#CC(C#N)=CNc1c(F)cc(Br)cc1C(F)(F)F. The predicted octanol–water partition coefficient (Wildman–Crippen LogP) is 3.95. The van der Waals surface area contributed by atoms with Crippen molar-refractivity contribution >= 4 is 21.6 Å². The molecule has 0 fully saturated rings. The van der Waals surface area contributed by atoms with Gasteiger partial charge in [0.1, 0.15) is 23.5 Å². The second-order valence-electron chi connectivity index (χ2n) is 3.23. The lowest BCUT2D eigenvalue weighted by Crippen LogP contribution is -2.10. The van der Waals surface area contributed by atoms with Gasteiger partial charge in [-0.25, -0.2) is 4.39 Å². The van der Waals surface area contributed by atoms with Crippen LogP contribution in [0.5, 0.6) is 0 Å². The van der Waals surface area contributed by atoms with E-state index in [4.69, 9.17) is 10.5 Å². The van der Waals surface area contributed by atoms with Gasteiger partial charge in [-0.2, -0.15) is 23.7 Å². The number of alkyl halides is 3. The molecule has 1 aromatic carbocycles. The number of benzene rings is 1. The first-order valence-corrected chi connectivity index (χ1v) is 5.42. The van der Waals surface area contributed by atoms with Crippen LogP contribution >= 0.6 is 15.9 Å². The van der Waals surface area contributed by atoms with E-state index in [0.29, 0.717) is 12.3 Å². The van der Waals surface area contributed by atoms with Gasteiger partial charge in [0.05, 0.1) is 11.3 Å². The van der Waals surface area contributed by atoms with Gasteiger partial charge in [-0.1, -0.05) is 15.9 Å². The molecule has 98 valence electrons. The number of nitrogens with one attached hydrogen (secondary N) is 1. The van der Waals surface area contributed by atoms with E-state index in [2.05, 4.69) is 15.9 Å². The first-order chi connectivity index (χ1) is 8.79. The number of nitrogens with zero attached hydrogens (tertiary/aromatic N) is 2. The number of hydrogen-bond donors (Lipinski definition) is 1. The minimum Gasteiger partial charge on any atom is -0.357 e. The first-order valence-electron chi connectivity index (χ1n) is 4.62. The molecule has 0 radical (unpaired) electrons. The zero-order valence-corrected chi connectivity index (χ0v) is 10.6. The van der Waals surface area contributed by atoms with E-state index in [1.54, 1.807) is 0 Å². The minimum absolute atomic E-state index is 0.0763. The number of hydrogen-bond acceptors (Lipinski definition) is 3. The highest BCUT2D eigenvalue weighted by molar-refractivity contribution is 9.10. The maximum Gasteiger partial charge on any atom is 0.418 e. The van der Waals surface area contributed by atoms with Crippen LogP contribution in [0.2, 0.25) is 0 Å². The summed E-state index contributed by atoms with van der Waals surface area (Å²) in [6.45, 7) is 0. The van der Waals surface area contributed by atoms with Crippen LogP contribution in [-0.4, -0.2) is 0 Å². The number of allylic oxidation sites excluding steroid dienone is 1. The summed E-state index contributed by atoms with van der Waals surface area (Å²) >= 11 is 2.76. The Morgan fingerprint density at radius 3 is 2.32 bits per heavy atom. The average molecular weight is 334 g/mol. The van der Waals surface area contributed by atoms with Crippen LogP contribution in [0.25, 0.3) is 0 Å². The van der Waals surface area contributed by atoms with E-state index in [1.807, 2.05) is 5.32 Å². The highest BCUT2D eigenvalue weighted by Crippen LogP contribution is 2.38. The van der Waals surface area contributed by atoms with Crippen LogP contribution in [0.3, 0.4) is 0 Å². The van der Waals surface area contributed by atoms with Crippen LogP contribution < -0.4 is 5.32 Å². The van der Waals surface area contributed by atoms with Gasteiger partial charge >= 0.3 is 6.18 Å². The summed E-state index contributed by atoms with van der Waals surface area (Å²) in [6.07, 6.45) is -4.07. The molecule has 0 unspecified atom stereocenters. The molecule has 3 nitrogen and oxygen atoms in total. The fraction of sp³-hybridized carbons (Fsp3) is 0.0909. The molecule has 19 heavy (non-hydrogen) atoms. The van der Waals surface area contributed by atoms with Crippen LogP contribution in [0, 0.1) is 28.5 Å². The molecule has 0 saturated carbocycles. The normalized spacial score (nSPS) is 10.3. The van der Waals surface area contributed by atoms with E-state index >= 15 is 0 Å². The van der Waals surface area contributed by atoms with Gasteiger partial charge in [-0.3, -0.25) is 0 Å². The van der Waals surface area contributed by atoms with Crippen molar-refractivity contribution in [1.29, 1.82) is 10.5 Å². The van der Waals surface area contributed by atoms with E-state index in [9.17, 15) is 17.6 Å². The largest absolute Gasteiger partial charge is 0.418 e. The molecule has 0 aliphatic heterocycles. The number of halogens is 5. The molecule has 0 aliphatic carbocycles. The molecule has 8 heteroatoms. The van der Waals surface area contributed by atoms with Gasteiger partial charge in [0.25, 0.3) is 0 Å². The molecule has 0 amide bonds. The fourth-order valence-electron chi connectivity index (χ4n) is 1.18. The van der Waals surface area contributed by atoms with Crippen molar-refractivity contribution in [2.24, 2.45) is 0 Å². The standard InChI is InChI=1S/C11H4BrF4N3/c12-7-1-8(11(14,15)16)10(9(13)2-7)19-5-6(3-17)4-18/h1-2,5,19H. The summed E-state index contributed by atoms with van der Waals surface area (Å²) in [5.74, 6) is -1.16. The lowest BCUT2D eigenvalue weighted by atomic mass is 10.1. The summed E-state index contributed by atoms with van der Waals surface area (Å²) in [6, 6.07) is 4.40. The molecule has 0 saturated heterocycles. The lowest BCUT2D eigenvalue weighted by molar-refractivity contribution is -0.137. The van der Waals surface area contributed by atoms with Crippen molar-refractivity contribution in [3.8, 4) is 12.1 Å². The van der Waals surface area contributed by atoms with Crippen LogP contribution in [0.1, 0.15) is 5.56 Å². The highest BCUT2D eigenvalue weighted by atomic mass is 79.9. The third kappa shape index (κ3) is 3.70. The van der Waals surface area contributed by atoms with Crippen molar-refractivity contribution in [2.75, 3.05) is 5.32 Å². The number of anilines is 1. The lowest BCUT2D eigenvalue weighted by Gasteiger charge is -2.14. The van der Waals surface area contributed by atoms with Gasteiger partial charge in [0, 0.05) is 10.7 Å². The Hall–Kier alpha value is -2.06. The molecular weight excluding hydrogens is 330 g/mol. The highest BCUT2D eigenvalue weighted by Gasteiger charge is 2.35. The van der Waals surface area contributed by atoms with Crippen molar-refractivity contribution in [3.63, 3.8) is 0 Å². The van der Waals surface area contributed by atoms with E-state index < -0.39 is 28.8 Å². The van der Waals surface area contributed by atoms with E-state index in [1.165, 1.54) is 12.1 Å². The van der Waals surface area contributed by atoms with Crippen LogP contribution in [0.15, 0.2) is 28.4 Å². The molecule has 1 rings (SSSR count). The molecule has 1 aromatic rings. The van der Waals surface area contributed by atoms with Gasteiger partial charge in [0.2, 0.25) is 0 Å². The fourth-order valence-corrected chi connectivity index (χ4v) is 1.61. The number of nitriles is 2. The van der Waals surface area contributed by atoms with Crippen LogP contribution in [-0.2, 0) is 6.18 Å². The molecule has 0 bridgehead atoms. The Kier molecular flexibility index (Phi) is 4.52. The summed E-state index contributed by atoms with van der Waals surface area (Å²) < 4.78 is 51.6. The van der Waals surface area contributed by atoms with Gasteiger partial charge < -0.3 is 5.32 Å². The van der Waals surface area contributed by atoms with Crippen LogP contribution in [0.4, 0.5) is 23.2 Å². The second-order valence-corrected chi connectivity index (χ2v) is 4.15. The zero-order chi connectivity index (χ0) is 14.6. The minimum atomic E-state index is -4.78. The monoisotopic (exact) mass is 333 g/mol. The summed E-state index contributed by atoms with van der Waals surface area (Å²) in [5.41, 5.74) is -2.57. The Morgan fingerprint density at radius 1 is 1.26 bits per heavy atom. The molecule has 0 atom stereocenters. The topological polar surface area (TPSA) is 59.6 Å². The molecule has 0 heterocycles. The van der Waals surface area contributed by atoms with E-state index in [-0.39, 0.29) is 4.47 Å². The van der Waals surface area contributed by atoms with Gasteiger partial charge in [-0.15, -0.1) is 0 Å². The Bertz CT molecular complexity index is 592. The van der Waals surface area contributed by atoms with Crippen molar-refractivity contribution < 1.29 is 17.6 Å². The zero-order valence-electron chi connectivity index (χ0n) is 9.02. The number of rotatable bonds is 2. The quantitative estimate of drug-likeness (QED) is 0.658. The Morgan fingerprint density at radius 2 is 1.84 bits per heavy atom.